The lowest BCUT2D eigenvalue weighted by Gasteiger charge is -2.30. The van der Waals surface area contributed by atoms with Crippen molar-refractivity contribution in [3.8, 4) is 11.5 Å². The second-order valence-corrected chi connectivity index (χ2v) is 8.55. The first-order valence-electron chi connectivity index (χ1n) is 11.0. The summed E-state index contributed by atoms with van der Waals surface area (Å²) in [4.78, 5) is 19.1. The van der Waals surface area contributed by atoms with Gasteiger partial charge in [-0.05, 0) is 43.4 Å². The largest absolute Gasteiger partial charge is 0.454 e. The van der Waals surface area contributed by atoms with E-state index in [1.54, 1.807) is 0 Å². The zero-order valence-electron chi connectivity index (χ0n) is 18.4. The number of rotatable bonds is 9. The number of ether oxygens (including phenoxy) is 3. The molecule has 1 fully saturated rings. The number of hydrogen-bond acceptors (Lipinski definition) is 7. The van der Waals surface area contributed by atoms with Crippen molar-refractivity contribution in [1.29, 1.82) is 0 Å². The molecule has 4 rings (SSSR count). The Labute approximate surface area is 182 Å². The Hall–Kier alpha value is -2.58. The van der Waals surface area contributed by atoms with E-state index in [2.05, 4.69) is 36.0 Å². The number of carbonyl (C=O) groups is 1. The van der Waals surface area contributed by atoms with E-state index in [0.717, 1.165) is 36.5 Å². The van der Waals surface area contributed by atoms with Crippen molar-refractivity contribution in [2.24, 2.45) is 5.92 Å². The highest BCUT2D eigenvalue weighted by Gasteiger charge is 2.23. The van der Waals surface area contributed by atoms with Gasteiger partial charge in [0.25, 0.3) is 5.91 Å². The van der Waals surface area contributed by atoms with E-state index in [-0.39, 0.29) is 24.8 Å². The molecule has 0 spiro atoms. The van der Waals surface area contributed by atoms with Gasteiger partial charge in [0.2, 0.25) is 12.7 Å². The predicted octanol–water partition coefficient (Wildman–Crippen LogP) is 3.36. The number of fused-ring (bicyclic) bond motifs is 1. The average Bonchev–Trinajstić information content (AvgIpc) is 3.52. The molecular weight excluding hydrogens is 398 g/mol. The van der Waals surface area contributed by atoms with E-state index >= 15 is 0 Å². The molecule has 1 saturated heterocycles. The number of nitrogens with one attached hydrogen (secondary N) is 1. The molecule has 1 aromatic carbocycles. The molecule has 2 aliphatic heterocycles. The van der Waals surface area contributed by atoms with Gasteiger partial charge >= 0.3 is 0 Å². The summed E-state index contributed by atoms with van der Waals surface area (Å²) >= 11 is 0. The van der Waals surface area contributed by atoms with Crippen molar-refractivity contribution in [2.75, 3.05) is 19.9 Å². The molecule has 1 N–H and O–H groups in total. The molecule has 1 aromatic heterocycles. The summed E-state index contributed by atoms with van der Waals surface area (Å²) < 4.78 is 22.1. The van der Waals surface area contributed by atoms with Crippen molar-refractivity contribution >= 4 is 5.91 Å². The maximum Gasteiger partial charge on any atom is 0.273 e. The van der Waals surface area contributed by atoms with Crippen LogP contribution in [-0.2, 0) is 17.8 Å². The van der Waals surface area contributed by atoms with Gasteiger partial charge in [-0.1, -0.05) is 19.9 Å². The van der Waals surface area contributed by atoms with E-state index in [1.165, 1.54) is 6.26 Å². The number of amides is 1. The summed E-state index contributed by atoms with van der Waals surface area (Å²) in [6.07, 6.45) is 3.55. The fraction of sp³-hybridized carbons (Fsp3) is 0.565. The third kappa shape index (κ3) is 5.37. The Morgan fingerprint density at radius 2 is 2.06 bits per heavy atom. The quantitative estimate of drug-likeness (QED) is 0.654. The predicted molar refractivity (Wildman–Crippen MR) is 114 cm³/mol. The second kappa shape index (κ2) is 9.70. The van der Waals surface area contributed by atoms with Crippen molar-refractivity contribution in [3.05, 3.63) is 41.6 Å². The van der Waals surface area contributed by atoms with Crippen LogP contribution >= 0.6 is 0 Å². The second-order valence-electron chi connectivity index (χ2n) is 8.55. The molecule has 3 heterocycles. The van der Waals surface area contributed by atoms with E-state index in [4.69, 9.17) is 18.6 Å². The summed E-state index contributed by atoms with van der Waals surface area (Å²) in [6, 6.07) is 6.29. The Bertz CT molecular complexity index is 891. The molecule has 31 heavy (non-hydrogen) atoms. The molecule has 8 heteroatoms. The lowest BCUT2D eigenvalue weighted by atomic mass is 10.0. The third-order valence-electron chi connectivity index (χ3n) is 6.00. The van der Waals surface area contributed by atoms with Gasteiger partial charge in [-0.25, -0.2) is 4.98 Å². The first-order chi connectivity index (χ1) is 15.0. The van der Waals surface area contributed by atoms with E-state index in [1.807, 2.05) is 18.2 Å². The summed E-state index contributed by atoms with van der Waals surface area (Å²) in [5, 5.41) is 2.89. The number of nitrogens with zero attached hydrogens (tertiary/aromatic N) is 2. The minimum atomic E-state index is -0.232. The summed E-state index contributed by atoms with van der Waals surface area (Å²) in [5.74, 6) is 2.29. The Morgan fingerprint density at radius 1 is 1.23 bits per heavy atom. The number of benzene rings is 1. The van der Waals surface area contributed by atoms with Gasteiger partial charge in [0.05, 0.1) is 12.6 Å². The molecule has 2 unspecified atom stereocenters. The van der Waals surface area contributed by atoms with Crippen LogP contribution in [0.15, 0.2) is 28.9 Å². The minimum absolute atomic E-state index is 0.0967. The molecule has 0 bridgehead atoms. The van der Waals surface area contributed by atoms with Gasteiger partial charge < -0.3 is 23.9 Å². The van der Waals surface area contributed by atoms with Gasteiger partial charge in [-0.15, -0.1) is 0 Å². The maximum atomic E-state index is 12.4. The molecule has 0 saturated carbocycles. The third-order valence-corrected chi connectivity index (χ3v) is 6.00. The van der Waals surface area contributed by atoms with Gasteiger partial charge in [0, 0.05) is 25.7 Å². The Kier molecular flexibility index (Phi) is 6.77. The number of aromatic nitrogens is 1. The highest BCUT2D eigenvalue weighted by atomic mass is 16.7. The molecule has 168 valence electrons. The van der Waals surface area contributed by atoms with Gasteiger partial charge in [0.15, 0.2) is 17.2 Å². The fourth-order valence-electron chi connectivity index (χ4n) is 3.80. The SMILES string of the molecule is CC(C)C(C)N(Cc1ccc2c(c1)OCO2)Cc1nc(C(=O)NCC2CCCO2)co1. The average molecular weight is 430 g/mol. The molecule has 0 radical (unpaired) electrons. The van der Waals surface area contributed by atoms with Crippen LogP contribution in [0.3, 0.4) is 0 Å². The van der Waals surface area contributed by atoms with E-state index < -0.39 is 0 Å². The molecule has 2 aromatic rings. The highest BCUT2D eigenvalue weighted by Crippen LogP contribution is 2.33. The summed E-state index contributed by atoms with van der Waals surface area (Å²) in [7, 11) is 0. The van der Waals surface area contributed by atoms with Gasteiger partial charge in [0.1, 0.15) is 6.26 Å². The molecule has 2 aliphatic rings. The first kappa shape index (κ1) is 21.6. The van der Waals surface area contributed by atoms with Crippen molar-refractivity contribution < 1.29 is 23.4 Å². The monoisotopic (exact) mass is 429 g/mol. The van der Waals surface area contributed by atoms with Crippen molar-refractivity contribution in [1.82, 2.24) is 15.2 Å². The van der Waals surface area contributed by atoms with Crippen LogP contribution in [0.1, 0.15) is 55.6 Å². The van der Waals surface area contributed by atoms with Crippen molar-refractivity contribution in [2.45, 2.75) is 58.8 Å². The van der Waals surface area contributed by atoms with Gasteiger partial charge in [-0.3, -0.25) is 9.69 Å². The zero-order chi connectivity index (χ0) is 21.8. The normalized spacial score (nSPS) is 18.7. The van der Waals surface area contributed by atoms with E-state index in [9.17, 15) is 4.79 Å². The molecule has 1 amide bonds. The number of oxazole rings is 1. The van der Waals surface area contributed by atoms with E-state index in [0.29, 0.717) is 37.1 Å². The number of hydrogen-bond donors (Lipinski definition) is 1. The van der Waals surface area contributed by atoms with Crippen molar-refractivity contribution in [3.63, 3.8) is 0 Å². The van der Waals surface area contributed by atoms with Crippen LogP contribution in [0, 0.1) is 5.92 Å². The van der Waals surface area contributed by atoms with Crippen LogP contribution in [0.25, 0.3) is 0 Å². The van der Waals surface area contributed by atoms with Crippen LogP contribution in [0.5, 0.6) is 11.5 Å². The molecule has 2 atom stereocenters. The van der Waals surface area contributed by atoms with Crippen LogP contribution in [0.2, 0.25) is 0 Å². The maximum absolute atomic E-state index is 12.4. The Balaban J connectivity index is 1.40. The zero-order valence-corrected chi connectivity index (χ0v) is 18.4. The lowest BCUT2D eigenvalue weighted by molar-refractivity contribution is 0.0853. The summed E-state index contributed by atoms with van der Waals surface area (Å²) in [6.45, 7) is 9.32. The molecule has 0 aliphatic carbocycles. The molecule has 8 nitrogen and oxygen atoms in total. The van der Waals surface area contributed by atoms with Gasteiger partial charge in [-0.2, -0.15) is 0 Å². The smallest absolute Gasteiger partial charge is 0.273 e. The standard InChI is InChI=1S/C23H31N3O5/c1-15(2)16(3)26(11-17-6-7-20-21(9-17)31-14-30-20)12-22-25-19(13-29-22)23(27)24-10-18-5-4-8-28-18/h6-7,9,13,15-16,18H,4-5,8,10-12,14H2,1-3H3,(H,24,27). The fourth-order valence-corrected chi connectivity index (χ4v) is 3.80. The number of carbonyl (C=O) groups excluding carboxylic acids is 1. The van der Waals surface area contributed by atoms with Crippen LogP contribution < -0.4 is 14.8 Å². The first-order valence-corrected chi connectivity index (χ1v) is 11.0. The summed E-state index contributed by atoms with van der Waals surface area (Å²) in [5.41, 5.74) is 1.42. The van der Waals surface area contributed by atoms with Crippen LogP contribution in [0.4, 0.5) is 0 Å². The lowest BCUT2D eigenvalue weighted by Crippen LogP contribution is -2.36. The Morgan fingerprint density at radius 3 is 2.84 bits per heavy atom. The minimum Gasteiger partial charge on any atom is -0.454 e. The van der Waals surface area contributed by atoms with Crippen LogP contribution in [-0.4, -0.2) is 47.9 Å². The highest BCUT2D eigenvalue weighted by molar-refractivity contribution is 5.91. The molecular formula is C23H31N3O5. The topological polar surface area (TPSA) is 86.1 Å².